The molecule has 21 heavy (non-hydrogen) atoms. The fourth-order valence-electron chi connectivity index (χ4n) is 2.09. The number of methoxy groups -OCH3 is 1. The van der Waals surface area contributed by atoms with Gasteiger partial charge in [-0.2, -0.15) is 0 Å². The summed E-state index contributed by atoms with van der Waals surface area (Å²) in [4.78, 5) is 32.3. The molecule has 1 aromatic rings. The Bertz CT molecular complexity index is 572. The van der Waals surface area contributed by atoms with Crippen molar-refractivity contribution in [1.82, 2.24) is 0 Å². The van der Waals surface area contributed by atoms with Gasteiger partial charge in [0.2, 0.25) is 6.04 Å². The third kappa shape index (κ3) is 3.98. The van der Waals surface area contributed by atoms with Gasteiger partial charge in [-0.05, 0) is 18.1 Å². The largest absolute Gasteiger partial charge is 0.469 e. The number of carbonyl (C=O) groups is 1. The van der Waals surface area contributed by atoms with Crippen molar-refractivity contribution in [3.63, 3.8) is 0 Å². The van der Waals surface area contributed by atoms with Gasteiger partial charge in [0.1, 0.15) is 0 Å². The Morgan fingerprint density at radius 3 is 2.43 bits per heavy atom. The standard InChI is InChI=1S/C13H16N2O6/c1-8-4-5-10(15(19)20)6-11(8)12(7-13(16)21-3)9(2)14(17)18/h4-6,9,12H,7H2,1-3H3. The van der Waals surface area contributed by atoms with Crippen LogP contribution in [-0.4, -0.2) is 29.0 Å². The van der Waals surface area contributed by atoms with Crippen LogP contribution in [0.2, 0.25) is 0 Å². The van der Waals surface area contributed by atoms with Gasteiger partial charge in [-0.3, -0.25) is 25.0 Å². The Balaban J connectivity index is 3.30. The summed E-state index contributed by atoms with van der Waals surface area (Å²) in [6, 6.07) is 3.06. The van der Waals surface area contributed by atoms with E-state index in [9.17, 15) is 25.0 Å². The number of hydrogen-bond donors (Lipinski definition) is 0. The summed E-state index contributed by atoms with van der Waals surface area (Å²) in [6.07, 6.45) is -0.208. The number of nitro benzene ring substituents is 1. The Hall–Kier alpha value is -2.51. The molecule has 1 aromatic carbocycles. The van der Waals surface area contributed by atoms with Gasteiger partial charge in [-0.15, -0.1) is 0 Å². The maximum absolute atomic E-state index is 11.5. The van der Waals surface area contributed by atoms with Crippen LogP contribution in [0.3, 0.4) is 0 Å². The van der Waals surface area contributed by atoms with E-state index in [0.29, 0.717) is 11.1 Å². The van der Waals surface area contributed by atoms with Gasteiger partial charge >= 0.3 is 5.97 Å². The molecule has 8 heteroatoms. The first-order chi connectivity index (χ1) is 9.77. The van der Waals surface area contributed by atoms with E-state index in [4.69, 9.17) is 0 Å². The number of carbonyl (C=O) groups excluding carboxylic acids is 1. The normalized spacial score (nSPS) is 13.3. The highest BCUT2D eigenvalue weighted by molar-refractivity contribution is 5.70. The van der Waals surface area contributed by atoms with E-state index >= 15 is 0 Å². The SMILES string of the molecule is COC(=O)CC(c1cc([N+](=O)[O-])ccc1C)C(C)[N+](=O)[O-]. The zero-order valence-corrected chi connectivity index (χ0v) is 11.9. The van der Waals surface area contributed by atoms with Gasteiger partial charge < -0.3 is 4.74 Å². The number of nitro groups is 2. The third-order valence-corrected chi connectivity index (χ3v) is 3.40. The highest BCUT2D eigenvalue weighted by Gasteiger charge is 2.32. The summed E-state index contributed by atoms with van der Waals surface area (Å²) in [5, 5.41) is 21.9. The fourth-order valence-corrected chi connectivity index (χ4v) is 2.09. The molecule has 2 unspecified atom stereocenters. The number of esters is 1. The summed E-state index contributed by atoms with van der Waals surface area (Å²) in [5.74, 6) is -1.38. The highest BCUT2D eigenvalue weighted by atomic mass is 16.6. The maximum atomic E-state index is 11.5. The number of benzene rings is 1. The molecule has 8 nitrogen and oxygen atoms in total. The molecule has 0 N–H and O–H groups in total. The molecule has 114 valence electrons. The zero-order valence-electron chi connectivity index (χ0n) is 11.9. The smallest absolute Gasteiger partial charge is 0.306 e. The van der Waals surface area contributed by atoms with Gasteiger partial charge in [0.05, 0.1) is 24.4 Å². The van der Waals surface area contributed by atoms with E-state index in [0.717, 1.165) is 0 Å². The number of rotatable bonds is 6. The number of aryl methyl sites for hydroxylation is 1. The monoisotopic (exact) mass is 296 g/mol. The van der Waals surface area contributed by atoms with E-state index in [1.807, 2.05) is 0 Å². The lowest BCUT2D eigenvalue weighted by molar-refractivity contribution is -0.522. The second kappa shape index (κ2) is 6.78. The molecule has 0 radical (unpaired) electrons. The molecule has 0 heterocycles. The van der Waals surface area contributed by atoms with Gasteiger partial charge in [0, 0.05) is 24.0 Å². The fraction of sp³-hybridized carbons (Fsp3) is 0.462. The molecule has 0 saturated carbocycles. The van der Waals surface area contributed by atoms with Crippen LogP contribution >= 0.6 is 0 Å². The van der Waals surface area contributed by atoms with Crippen LogP contribution in [0.4, 0.5) is 5.69 Å². The minimum atomic E-state index is -1.06. The van der Waals surface area contributed by atoms with Crippen LogP contribution in [0.1, 0.15) is 30.4 Å². The predicted octanol–water partition coefficient (Wildman–Crippen LogP) is 2.22. The highest BCUT2D eigenvalue weighted by Crippen LogP contribution is 2.31. The Morgan fingerprint density at radius 1 is 1.33 bits per heavy atom. The number of nitrogens with zero attached hydrogens (tertiary/aromatic N) is 2. The van der Waals surface area contributed by atoms with Gasteiger partial charge in [-0.25, -0.2) is 0 Å². The van der Waals surface area contributed by atoms with Crippen molar-refractivity contribution in [3.05, 3.63) is 49.6 Å². The minimum Gasteiger partial charge on any atom is -0.469 e. The predicted molar refractivity (Wildman–Crippen MR) is 73.7 cm³/mol. The molecule has 0 aliphatic heterocycles. The maximum Gasteiger partial charge on any atom is 0.306 e. The number of hydrogen-bond acceptors (Lipinski definition) is 6. The molecule has 2 atom stereocenters. The molecule has 0 saturated heterocycles. The molecule has 0 spiro atoms. The molecule has 0 aliphatic carbocycles. The van der Waals surface area contributed by atoms with Crippen LogP contribution in [-0.2, 0) is 9.53 Å². The lowest BCUT2D eigenvalue weighted by atomic mass is 9.86. The summed E-state index contributed by atoms with van der Waals surface area (Å²) in [7, 11) is 1.19. The van der Waals surface area contributed by atoms with Crippen LogP contribution in [0.25, 0.3) is 0 Å². The second-order valence-electron chi connectivity index (χ2n) is 4.71. The van der Waals surface area contributed by atoms with Crippen molar-refractivity contribution in [1.29, 1.82) is 0 Å². The van der Waals surface area contributed by atoms with Crippen molar-refractivity contribution in [3.8, 4) is 0 Å². The number of non-ortho nitro benzene ring substituents is 1. The van der Waals surface area contributed by atoms with Crippen molar-refractivity contribution >= 4 is 11.7 Å². The zero-order chi connectivity index (χ0) is 16.2. The Morgan fingerprint density at radius 2 is 1.95 bits per heavy atom. The van der Waals surface area contributed by atoms with Crippen LogP contribution in [0, 0.1) is 27.2 Å². The summed E-state index contributed by atoms with van der Waals surface area (Å²) < 4.78 is 4.55. The number of ether oxygens (including phenoxy) is 1. The molecular formula is C13H16N2O6. The summed E-state index contributed by atoms with van der Waals surface area (Å²) in [6.45, 7) is 3.06. The van der Waals surface area contributed by atoms with E-state index in [1.54, 1.807) is 6.92 Å². The molecule has 1 rings (SSSR count). The van der Waals surface area contributed by atoms with Crippen molar-refractivity contribution < 1.29 is 19.4 Å². The first-order valence-corrected chi connectivity index (χ1v) is 6.23. The van der Waals surface area contributed by atoms with E-state index in [1.165, 1.54) is 32.2 Å². The summed E-state index contributed by atoms with van der Waals surface area (Å²) >= 11 is 0. The Labute approximate surface area is 121 Å². The molecule has 0 bridgehead atoms. The molecule has 0 aromatic heterocycles. The molecule has 0 amide bonds. The van der Waals surface area contributed by atoms with Crippen molar-refractivity contribution in [2.75, 3.05) is 7.11 Å². The quantitative estimate of drug-likeness (QED) is 0.452. The third-order valence-electron chi connectivity index (χ3n) is 3.40. The average molecular weight is 296 g/mol. The molecule has 0 fully saturated rings. The van der Waals surface area contributed by atoms with Crippen LogP contribution in [0.5, 0.6) is 0 Å². The van der Waals surface area contributed by atoms with Gasteiger partial charge in [-0.1, -0.05) is 6.07 Å². The van der Waals surface area contributed by atoms with Crippen molar-refractivity contribution in [2.45, 2.75) is 32.2 Å². The lowest BCUT2D eigenvalue weighted by Gasteiger charge is -2.19. The lowest BCUT2D eigenvalue weighted by Crippen LogP contribution is -2.27. The first-order valence-electron chi connectivity index (χ1n) is 6.23. The molecular weight excluding hydrogens is 280 g/mol. The Kier molecular flexibility index (Phi) is 5.34. The second-order valence-corrected chi connectivity index (χ2v) is 4.71. The molecule has 0 aliphatic rings. The van der Waals surface area contributed by atoms with E-state index in [2.05, 4.69) is 4.74 Å². The average Bonchev–Trinajstić information content (AvgIpc) is 2.44. The first kappa shape index (κ1) is 16.5. The van der Waals surface area contributed by atoms with Gasteiger partial charge in [0.25, 0.3) is 5.69 Å². The van der Waals surface area contributed by atoms with E-state index < -0.39 is 27.8 Å². The van der Waals surface area contributed by atoms with Gasteiger partial charge in [0.15, 0.2) is 0 Å². The van der Waals surface area contributed by atoms with E-state index in [-0.39, 0.29) is 12.1 Å². The minimum absolute atomic E-state index is 0.166. The van der Waals surface area contributed by atoms with Crippen LogP contribution in [0.15, 0.2) is 18.2 Å². The summed E-state index contributed by atoms with van der Waals surface area (Å²) in [5.41, 5.74) is 0.906. The van der Waals surface area contributed by atoms with Crippen molar-refractivity contribution in [2.24, 2.45) is 0 Å². The topological polar surface area (TPSA) is 113 Å². The van der Waals surface area contributed by atoms with Crippen LogP contribution < -0.4 is 0 Å².